The number of aromatic nitrogens is 2. The number of benzene rings is 1. The van der Waals surface area contributed by atoms with Gasteiger partial charge in [0.25, 0.3) is 0 Å². The van der Waals surface area contributed by atoms with Crippen LogP contribution in [0.15, 0.2) is 42.6 Å². The molecule has 1 N–H and O–H groups in total. The van der Waals surface area contributed by atoms with Crippen molar-refractivity contribution in [2.24, 2.45) is 0 Å². The van der Waals surface area contributed by atoms with Gasteiger partial charge >= 0.3 is 0 Å². The van der Waals surface area contributed by atoms with Gasteiger partial charge in [-0.2, -0.15) is 5.10 Å². The fraction of sp³-hybridized carbons (Fsp3) is 0.526. The van der Waals surface area contributed by atoms with E-state index in [1.54, 1.807) is 0 Å². The maximum Gasteiger partial charge on any atom is 0.0879 e. The van der Waals surface area contributed by atoms with E-state index in [2.05, 4.69) is 43.2 Å². The molecule has 0 aliphatic rings. The van der Waals surface area contributed by atoms with Gasteiger partial charge in [-0.3, -0.25) is 4.68 Å². The zero-order valence-corrected chi connectivity index (χ0v) is 15.7. The summed E-state index contributed by atoms with van der Waals surface area (Å²) >= 11 is 0. The number of rotatable bonds is 3. The molecule has 1 aromatic heterocycles. The van der Waals surface area contributed by atoms with Crippen molar-refractivity contribution >= 4 is 0 Å². The first-order chi connectivity index (χ1) is 9.04. The van der Waals surface area contributed by atoms with Crippen molar-refractivity contribution in [1.82, 2.24) is 9.78 Å². The Hall–Kier alpha value is -0.506. The van der Waals surface area contributed by atoms with Crippen molar-refractivity contribution in [2.45, 2.75) is 68.5 Å². The van der Waals surface area contributed by atoms with Gasteiger partial charge in [0, 0.05) is 44.9 Å². The molecule has 1 aromatic carbocycles. The average Bonchev–Trinajstić information content (AvgIpc) is 2.89. The molecule has 23 heavy (non-hydrogen) atoms. The molecule has 3 nitrogen and oxygen atoms in total. The first-order valence-corrected chi connectivity index (χ1v) is 6.74. The van der Waals surface area contributed by atoms with E-state index < -0.39 is 0 Å². The van der Waals surface area contributed by atoms with Crippen molar-refractivity contribution in [2.75, 3.05) is 0 Å². The predicted octanol–water partition coefficient (Wildman–Crippen LogP) is 5.67. The summed E-state index contributed by atoms with van der Waals surface area (Å²) in [6, 6.07) is 12.7. The second-order valence-electron chi connectivity index (χ2n) is 5.10. The summed E-state index contributed by atoms with van der Waals surface area (Å²) in [5, 5.41) is 12.8. The zero-order chi connectivity index (χ0) is 14.3. The Balaban J connectivity index is -0.000000134. The van der Waals surface area contributed by atoms with Crippen molar-refractivity contribution in [3.63, 3.8) is 0 Å². The van der Waals surface area contributed by atoms with Crippen LogP contribution in [0.25, 0.3) is 0 Å². The number of hydrogen-bond acceptors (Lipinski definition) is 2. The molecule has 2 aromatic rings. The van der Waals surface area contributed by atoms with Gasteiger partial charge in [0.15, 0.2) is 0 Å². The molecular weight excluding hydrogens is 361 g/mol. The summed E-state index contributed by atoms with van der Waals surface area (Å²) in [5.74, 6) is 0.659. The molecule has 4 heteroatoms. The summed E-state index contributed by atoms with van der Waals surface area (Å²) in [7, 11) is 0. The van der Waals surface area contributed by atoms with E-state index >= 15 is 0 Å². The Morgan fingerprint density at radius 3 is 1.74 bits per heavy atom. The minimum atomic E-state index is 0. The molecule has 0 aliphatic heterocycles. The SMILES string of the molecule is C.C.C.CC(C)c1ccccc1.CC(C)n1ccc(CO)n1.[Y]. The molecule has 1 heterocycles. The number of aliphatic hydroxyl groups excluding tert-OH is 1. The Morgan fingerprint density at radius 2 is 1.48 bits per heavy atom. The Labute approximate surface area is 169 Å². The first kappa shape index (κ1) is 30.4. The summed E-state index contributed by atoms with van der Waals surface area (Å²) < 4.78 is 1.82. The molecular formula is C19H36N2OY. The Bertz CT molecular complexity index is 467. The maximum atomic E-state index is 8.66. The monoisotopic (exact) mass is 397 g/mol. The van der Waals surface area contributed by atoms with E-state index in [-0.39, 0.29) is 61.6 Å². The van der Waals surface area contributed by atoms with Gasteiger partial charge in [0.1, 0.15) is 0 Å². The van der Waals surface area contributed by atoms with Crippen molar-refractivity contribution < 1.29 is 37.8 Å². The third-order valence-corrected chi connectivity index (χ3v) is 2.82. The van der Waals surface area contributed by atoms with Crippen LogP contribution in [0.5, 0.6) is 0 Å². The van der Waals surface area contributed by atoms with Crippen LogP contribution in [-0.4, -0.2) is 14.9 Å². The van der Waals surface area contributed by atoms with Gasteiger partial charge in [0.2, 0.25) is 0 Å². The van der Waals surface area contributed by atoms with E-state index in [9.17, 15) is 0 Å². The summed E-state index contributed by atoms with van der Waals surface area (Å²) in [4.78, 5) is 0. The predicted molar refractivity (Wildman–Crippen MR) is 99.3 cm³/mol. The fourth-order valence-electron chi connectivity index (χ4n) is 1.59. The maximum absolute atomic E-state index is 8.66. The Morgan fingerprint density at radius 1 is 0.957 bits per heavy atom. The summed E-state index contributed by atoms with van der Waals surface area (Å²) in [6.45, 7) is 8.53. The minimum Gasteiger partial charge on any atom is -0.390 e. The second kappa shape index (κ2) is 16.4. The molecule has 0 saturated carbocycles. The molecule has 0 unspecified atom stereocenters. The smallest absolute Gasteiger partial charge is 0.0879 e. The minimum absolute atomic E-state index is 0. The third kappa shape index (κ3) is 11.6. The molecule has 0 spiro atoms. The van der Waals surface area contributed by atoms with Gasteiger partial charge in [-0.1, -0.05) is 66.5 Å². The van der Waals surface area contributed by atoms with Crippen LogP contribution in [-0.2, 0) is 39.3 Å². The van der Waals surface area contributed by atoms with Gasteiger partial charge < -0.3 is 5.11 Å². The molecule has 0 atom stereocenters. The van der Waals surface area contributed by atoms with Crippen LogP contribution in [0.2, 0.25) is 0 Å². The standard InChI is InChI=1S/C9H12.C7H12N2O.3CH4.Y/c1-8(2)9-6-4-3-5-7-9;1-6(2)9-4-3-7(5-10)8-9;;;;/h3-8H,1-2H3;3-4,6,10H,5H2,1-2H3;3*1H4;. The van der Waals surface area contributed by atoms with E-state index in [4.69, 9.17) is 5.11 Å². The van der Waals surface area contributed by atoms with Crippen molar-refractivity contribution in [1.29, 1.82) is 0 Å². The Kier molecular flexibility index (Phi) is 21.6. The van der Waals surface area contributed by atoms with Crippen LogP contribution in [0, 0.1) is 0 Å². The molecule has 0 bridgehead atoms. The summed E-state index contributed by atoms with van der Waals surface area (Å²) in [5.41, 5.74) is 2.14. The normalized spacial score (nSPS) is 8.65. The quantitative estimate of drug-likeness (QED) is 0.724. The van der Waals surface area contributed by atoms with Gasteiger partial charge in [0.05, 0.1) is 12.3 Å². The molecule has 2 rings (SSSR count). The van der Waals surface area contributed by atoms with Crippen molar-refractivity contribution in [3.8, 4) is 0 Å². The largest absolute Gasteiger partial charge is 0.390 e. The zero-order valence-electron chi connectivity index (χ0n) is 12.8. The number of nitrogens with zero attached hydrogens (tertiary/aromatic N) is 2. The third-order valence-electron chi connectivity index (χ3n) is 2.82. The van der Waals surface area contributed by atoms with E-state index in [0.717, 1.165) is 5.69 Å². The van der Waals surface area contributed by atoms with Gasteiger partial charge in [-0.15, -0.1) is 0 Å². The van der Waals surface area contributed by atoms with Crippen LogP contribution in [0.4, 0.5) is 0 Å². The molecule has 0 aliphatic carbocycles. The number of hydrogen-bond donors (Lipinski definition) is 1. The first-order valence-electron chi connectivity index (χ1n) is 6.74. The van der Waals surface area contributed by atoms with Crippen LogP contribution in [0.3, 0.4) is 0 Å². The van der Waals surface area contributed by atoms with Gasteiger partial charge in [-0.25, -0.2) is 0 Å². The van der Waals surface area contributed by atoms with Gasteiger partial charge in [-0.05, 0) is 31.4 Å². The topological polar surface area (TPSA) is 38.0 Å². The van der Waals surface area contributed by atoms with E-state index in [1.807, 2.05) is 36.9 Å². The second-order valence-corrected chi connectivity index (χ2v) is 5.10. The van der Waals surface area contributed by atoms with Crippen LogP contribution >= 0.6 is 0 Å². The molecule has 131 valence electrons. The fourth-order valence-corrected chi connectivity index (χ4v) is 1.59. The van der Waals surface area contributed by atoms with Crippen LogP contribution < -0.4 is 0 Å². The van der Waals surface area contributed by atoms with Crippen molar-refractivity contribution in [3.05, 3.63) is 53.9 Å². The van der Waals surface area contributed by atoms with Crippen LogP contribution in [0.1, 0.15) is 73.2 Å². The molecule has 0 saturated heterocycles. The molecule has 1 radical (unpaired) electrons. The molecule has 0 fully saturated rings. The van der Waals surface area contributed by atoms with E-state index in [0.29, 0.717) is 12.0 Å². The number of aliphatic hydroxyl groups is 1. The van der Waals surface area contributed by atoms with E-state index in [1.165, 1.54) is 5.56 Å². The average molecular weight is 397 g/mol. The summed E-state index contributed by atoms with van der Waals surface area (Å²) in [6.07, 6.45) is 1.87. The molecule has 0 amide bonds.